The fraction of sp³-hybridized carbons (Fsp3) is 0.800. The highest BCUT2D eigenvalue weighted by Gasteiger charge is 2.16. The van der Waals surface area contributed by atoms with Crippen LogP contribution in [0.2, 0.25) is 0 Å². The highest BCUT2D eigenvalue weighted by molar-refractivity contribution is 5.69. The first-order valence-electron chi connectivity index (χ1n) is 11.9. The predicted octanol–water partition coefficient (Wildman–Crippen LogP) is 6.83. The summed E-state index contributed by atoms with van der Waals surface area (Å²) in [6, 6.07) is 0. The number of likely N-dealkylation sites (tertiary alicyclic amines) is 1. The molecule has 0 aromatic rings. The van der Waals surface area contributed by atoms with E-state index in [4.69, 9.17) is 4.74 Å². The van der Waals surface area contributed by atoms with Gasteiger partial charge >= 0.3 is 5.97 Å². The Morgan fingerprint density at radius 1 is 0.893 bits per heavy atom. The van der Waals surface area contributed by atoms with E-state index in [0.717, 1.165) is 38.9 Å². The van der Waals surface area contributed by atoms with Crippen LogP contribution in [0.4, 0.5) is 0 Å². The fourth-order valence-corrected chi connectivity index (χ4v) is 3.73. The SMILES string of the molecule is CCCCC/C=C\C/C=C\CCCCCCCC(=O)OC(C)CN1CCCC1. The summed E-state index contributed by atoms with van der Waals surface area (Å²) >= 11 is 0. The van der Waals surface area contributed by atoms with E-state index in [1.165, 1.54) is 64.2 Å². The number of nitrogens with zero attached hydrogens (tertiary/aromatic N) is 1. The molecule has 1 saturated heterocycles. The smallest absolute Gasteiger partial charge is 0.306 e. The van der Waals surface area contributed by atoms with Crippen molar-refractivity contribution in [1.29, 1.82) is 0 Å². The van der Waals surface area contributed by atoms with Gasteiger partial charge in [0.2, 0.25) is 0 Å². The largest absolute Gasteiger partial charge is 0.461 e. The number of rotatable bonds is 17. The molecule has 0 spiro atoms. The third-order valence-electron chi connectivity index (χ3n) is 5.38. The number of carbonyl (C=O) groups excluding carboxylic acids is 1. The Labute approximate surface area is 174 Å². The lowest BCUT2D eigenvalue weighted by Gasteiger charge is -2.20. The first-order valence-corrected chi connectivity index (χ1v) is 11.9. The van der Waals surface area contributed by atoms with Gasteiger partial charge in [-0.15, -0.1) is 0 Å². The van der Waals surface area contributed by atoms with E-state index >= 15 is 0 Å². The molecular formula is C25H45NO2. The molecule has 3 heteroatoms. The molecule has 1 aliphatic rings. The van der Waals surface area contributed by atoms with E-state index in [9.17, 15) is 4.79 Å². The van der Waals surface area contributed by atoms with Gasteiger partial charge in [0.05, 0.1) is 0 Å². The maximum Gasteiger partial charge on any atom is 0.306 e. The number of esters is 1. The highest BCUT2D eigenvalue weighted by Crippen LogP contribution is 2.11. The second-order valence-electron chi connectivity index (χ2n) is 8.29. The van der Waals surface area contributed by atoms with Crippen LogP contribution in [0.5, 0.6) is 0 Å². The second-order valence-corrected chi connectivity index (χ2v) is 8.29. The van der Waals surface area contributed by atoms with Gasteiger partial charge in [-0.3, -0.25) is 9.69 Å². The van der Waals surface area contributed by atoms with Crippen molar-refractivity contribution in [1.82, 2.24) is 4.90 Å². The van der Waals surface area contributed by atoms with Gasteiger partial charge in [-0.1, -0.05) is 63.3 Å². The summed E-state index contributed by atoms with van der Waals surface area (Å²) in [6.45, 7) is 7.48. The van der Waals surface area contributed by atoms with E-state index in [2.05, 4.69) is 36.1 Å². The van der Waals surface area contributed by atoms with Crippen LogP contribution in [-0.4, -0.2) is 36.6 Å². The van der Waals surface area contributed by atoms with Gasteiger partial charge in [0.25, 0.3) is 0 Å². The van der Waals surface area contributed by atoms with Crippen LogP contribution in [0.3, 0.4) is 0 Å². The van der Waals surface area contributed by atoms with Gasteiger partial charge in [0.15, 0.2) is 0 Å². The summed E-state index contributed by atoms with van der Waals surface area (Å²) in [5.41, 5.74) is 0. The fourth-order valence-electron chi connectivity index (χ4n) is 3.73. The van der Waals surface area contributed by atoms with E-state index in [1.54, 1.807) is 0 Å². The molecule has 1 unspecified atom stereocenters. The van der Waals surface area contributed by atoms with Gasteiger partial charge in [-0.2, -0.15) is 0 Å². The van der Waals surface area contributed by atoms with Gasteiger partial charge in [0.1, 0.15) is 6.10 Å². The Balaban J connectivity index is 1.85. The lowest BCUT2D eigenvalue weighted by atomic mass is 10.1. The topological polar surface area (TPSA) is 29.5 Å². The average Bonchev–Trinajstić information content (AvgIpc) is 3.17. The summed E-state index contributed by atoms with van der Waals surface area (Å²) in [6.07, 6.45) is 25.7. The number of allylic oxidation sites excluding steroid dienone is 4. The molecule has 0 N–H and O–H groups in total. The standard InChI is InChI=1S/C25H45NO2/c1-3-4-5-6-7-8-9-10-11-12-13-14-15-16-17-20-25(27)28-24(2)23-26-21-18-19-22-26/h7-8,10-11,24H,3-6,9,12-23H2,1-2H3/b8-7-,11-10-. The van der Waals surface area contributed by atoms with Crippen molar-refractivity contribution >= 4 is 5.97 Å². The van der Waals surface area contributed by atoms with Crippen molar-refractivity contribution in [2.45, 2.75) is 110 Å². The first kappa shape index (κ1) is 24.9. The minimum atomic E-state index is -0.0163. The zero-order valence-corrected chi connectivity index (χ0v) is 18.7. The molecule has 3 nitrogen and oxygen atoms in total. The molecule has 0 bridgehead atoms. The minimum absolute atomic E-state index is 0.0163. The van der Waals surface area contributed by atoms with E-state index in [1.807, 2.05) is 6.92 Å². The molecule has 0 amide bonds. The molecule has 0 aliphatic carbocycles. The molecule has 0 saturated carbocycles. The van der Waals surface area contributed by atoms with Crippen LogP contribution in [0.15, 0.2) is 24.3 Å². The third kappa shape index (κ3) is 14.9. The van der Waals surface area contributed by atoms with Gasteiger partial charge in [-0.25, -0.2) is 0 Å². The normalized spacial score (nSPS) is 16.4. The Bertz CT molecular complexity index is 424. The first-order chi connectivity index (χ1) is 13.7. The maximum absolute atomic E-state index is 11.9. The van der Waals surface area contributed by atoms with Gasteiger partial charge in [0, 0.05) is 13.0 Å². The average molecular weight is 392 g/mol. The lowest BCUT2D eigenvalue weighted by molar-refractivity contribution is -0.149. The summed E-state index contributed by atoms with van der Waals surface area (Å²) in [5, 5.41) is 0. The quantitative estimate of drug-likeness (QED) is 0.155. The third-order valence-corrected chi connectivity index (χ3v) is 5.38. The lowest BCUT2D eigenvalue weighted by Crippen LogP contribution is -2.31. The molecule has 1 heterocycles. The Kier molecular flexibility index (Phi) is 16.0. The van der Waals surface area contributed by atoms with Crippen LogP contribution in [0.1, 0.15) is 104 Å². The monoisotopic (exact) mass is 391 g/mol. The van der Waals surface area contributed by atoms with Crippen molar-refractivity contribution < 1.29 is 9.53 Å². The highest BCUT2D eigenvalue weighted by atomic mass is 16.5. The summed E-state index contributed by atoms with van der Waals surface area (Å²) < 4.78 is 5.54. The number of unbranched alkanes of at least 4 members (excludes halogenated alkanes) is 8. The van der Waals surface area contributed by atoms with E-state index < -0.39 is 0 Å². The van der Waals surface area contributed by atoms with Crippen LogP contribution in [0.25, 0.3) is 0 Å². The molecule has 0 aromatic carbocycles. The molecular weight excluding hydrogens is 346 g/mol. The number of hydrogen-bond donors (Lipinski definition) is 0. The number of ether oxygens (including phenoxy) is 1. The Hall–Kier alpha value is -1.09. The zero-order valence-electron chi connectivity index (χ0n) is 18.7. The molecule has 1 aliphatic heterocycles. The van der Waals surface area contributed by atoms with Crippen molar-refractivity contribution in [2.24, 2.45) is 0 Å². The summed E-state index contributed by atoms with van der Waals surface area (Å²) in [7, 11) is 0. The molecule has 0 aromatic heterocycles. The van der Waals surface area contributed by atoms with Crippen LogP contribution in [0, 0.1) is 0 Å². The Morgan fingerprint density at radius 3 is 2.18 bits per heavy atom. The van der Waals surface area contributed by atoms with Crippen molar-refractivity contribution in [2.75, 3.05) is 19.6 Å². The van der Waals surface area contributed by atoms with Crippen molar-refractivity contribution in [3.63, 3.8) is 0 Å². The molecule has 28 heavy (non-hydrogen) atoms. The van der Waals surface area contributed by atoms with Crippen molar-refractivity contribution in [3.8, 4) is 0 Å². The molecule has 0 radical (unpaired) electrons. The number of hydrogen-bond acceptors (Lipinski definition) is 3. The molecule has 162 valence electrons. The summed E-state index contributed by atoms with van der Waals surface area (Å²) in [4.78, 5) is 14.3. The van der Waals surface area contributed by atoms with Crippen LogP contribution in [-0.2, 0) is 9.53 Å². The maximum atomic E-state index is 11.9. The Morgan fingerprint density at radius 2 is 1.50 bits per heavy atom. The predicted molar refractivity (Wildman–Crippen MR) is 121 cm³/mol. The van der Waals surface area contributed by atoms with Crippen LogP contribution >= 0.6 is 0 Å². The summed E-state index contributed by atoms with van der Waals surface area (Å²) in [5.74, 6) is -0.0163. The molecule has 1 atom stereocenters. The molecule has 1 fully saturated rings. The minimum Gasteiger partial charge on any atom is -0.461 e. The van der Waals surface area contributed by atoms with Crippen LogP contribution < -0.4 is 0 Å². The van der Waals surface area contributed by atoms with E-state index in [0.29, 0.717) is 6.42 Å². The van der Waals surface area contributed by atoms with Gasteiger partial charge in [-0.05, 0) is 71.4 Å². The van der Waals surface area contributed by atoms with Gasteiger partial charge < -0.3 is 4.74 Å². The second kappa shape index (κ2) is 18.0. The van der Waals surface area contributed by atoms with E-state index in [-0.39, 0.29) is 12.1 Å². The molecule has 1 rings (SSSR count). The van der Waals surface area contributed by atoms with Crippen molar-refractivity contribution in [3.05, 3.63) is 24.3 Å². The number of carbonyl (C=O) groups is 1. The zero-order chi connectivity index (χ0) is 20.3.